The Kier molecular flexibility index (Phi) is 2.57. The molecule has 0 aliphatic heterocycles. The van der Waals surface area contributed by atoms with Gasteiger partial charge < -0.3 is 10.7 Å². The maximum Gasteiger partial charge on any atom is 0.128 e. The van der Waals surface area contributed by atoms with Crippen molar-refractivity contribution < 1.29 is 0 Å². The van der Waals surface area contributed by atoms with Crippen molar-refractivity contribution in [3.63, 3.8) is 0 Å². The van der Waals surface area contributed by atoms with Crippen molar-refractivity contribution in [3.8, 4) is 0 Å². The van der Waals surface area contributed by atoms with E-state index in [4.69, 9.17) is 17.3 Å². The number of nitrogens with zero attached hydrogens (tertiary/aromatic N) is 3. The van der Waals surface area contributed by atoms with Gasteiger partial charge in [-0.05, 0) is 18.2 Å². The molecule has 3 aromatic rings. The van der Waals surface area contributed by atoms with Gasteiger partial charge in [0.25, 0.3) is 0 Å². The zero-order valence-corrected chi connectivity index (χ0v) is 10.5. The van der Waals surface area contributed by atoms with Gasteiger partial charge in [-0.1, -0.05) is 11.6 Å². The quantitative estimate of drug-likeness (QED) is 0.741. The number of hydrogen-bond acceptors (Lipinski definition) is 3. The summed E-state index contributed by atoms with van der Waals surface area (Å²) >= 11 is 5.94. The number of hydrogen-bond donors (Lipinski definition) is 2. The van der Waals surface area contributed by atoms with E-state index in [1.807, 2.05) is 31.4 Å². The summed E-state index contributed by atoms with van der Waals surface area (Å²) in [5.74, 6) is 0.709. The molecule has 0 amide bonds. The zero-order valence-electron chi connectivity index (χ0n) is 9.76. The molecule has 0 aliphatic carbocycles. The first-order valence-electron chi connectivity index (χ1n) is 5.53. The van der Waals surface area contributed by atoms with Gasteiger partial charge in [0.2, 0.25) is 0 Å². The highest BCUT2D eigenvalue weighted by Gasteiger charge is 2.15. The summed E-state index contributed by atoms with van der Waals surface area (Å²) in [6.07, 6.45) is 3.62. The Balaban J connectivity index is 2.03. The third-order valence-electron chi connectivity index (χ3n) is 2.84. The second kappa shape index (κ2) is 4.12. The number of fused-ring (bicyclic) bond motifs is 1. The van der Waals surface area contributed by atoms with Gasteiger partial charge in [0.15, 0.2) is 0 Å². The minimum atomic E-state index is -0.315. The molecule has 0 saturated heterocycles. The molecule has 1 unspecified atom stereocenters. The Labute approximate surface area is 109 Å². The number of nitrogens with one attached hydrogen (secondary N) is 1. The van der Waals surface area contributed by atoms with E-state index in [-0.39, 0.29) is 6.04 Å². The van der Waals surface area contributed by atoms with Gasteiger partial charge in [0.05, 0.1) is 23.3 Å². The fraction of sp³-hybridized carbons (Fsp3) is 0.167. The monoisotopic (exact) mass is 261 g/mol. The molecule has 0 radical (unpaired) electrons. The standard InChI is InChI=1S/C12H12ClN5/c1-18-6-7(5-15-18)11(14)12-16-9-3-2-8(13)4-10(9)17-12/h2-6,11H,14H2,1H3,(H,16,17). The topological polar surface area (TPSA) is 72.5 Å². The molecule has 2 aromatic heterocycles. The lowest BCUT2D eigenvalue weighted by atomic mass is 10.2. The van der Waals surface area contributed by atoms with Gasteiger partial charge in [-0.15, -0.1) is 0 Å². The summed E-state index contributed by atoms with van der Waals surface area (Å²) in [6.45, 7) is 0. The molecule has 0 saturated carbocycles. The van der Waals surface area contributed by atoms with Gasteiger partial charge in [0.1, 0.15) is 5.82 Å². The normalized spacial score (nSPS) is 13.1. The lowest BCUT2D eigenvalue weighted by molar-refractivity contribution is 0.762. The minimum Gasteiger partial charge on any atom is -0.340 e. The summed E-state index contributed by atoms with van der Waals surface area (Å²) < 4.78 is 1.72. The van der Waals surface area contributed by atoms with Crippen molar-refractivity contribution in [2.75, 3.05) is 0 Å². The summed E-state index contributed by atoms with van der Waals surface area (Å²) in [4.78, 5) is 7.65. The molecule has 1 aromatic carbocycles. The van der Waals surface area contributed by atoms with Crippen molar-refractivity contribution in [2.45, 2.75) is 6.04 Å². The molecule has 6 heteroatoms. The van der Waals surface area contributed by atoms with E-state index in [1.165, 1.54) is 0 Å². The van der Waals surface area contributed by atoms with Gasteiger partial charge in [0, 0.05) is 23.8 Å². The second-order valence-corrected chi connectivity index (χ2v) is 4.64. The van der Waals surface area contributed by atoms with Crippen molar-refractivity contribution >= 4 is 22.6 Å². The van der Waals surface area contributed by atoms with Crippen molar-refractivity contribution in [3.05, 3.63) is 47.0 Å². The Bertz CT molecular complexity index is 699. The molecule has 0 aliphatic rings. The van der Waals surface area contributed by atoms with E-state index < -0.39 is 0 Å². The van der Waals surface area contributed by atoms with Crippen LogP contribution >= 0.6 is 11.6 Å². The number of nitrogens with two attached hydrogens (primary N) is 1. The van der Waals surface area contributed by atoms with Crippen LogP contribution < -0.4 is 5.73 Å². The van der Waals surface area contributed by atoms with Crippen LogP contribution in [0.3, 0.4) is 0 Å². The van der Waals surface area contributed by atoms with E-state index >= 15 is 0 Å². The molecule has 18 heavy (non-hydrogen) atoms. The van der Waals surface area contributed by atoms with E-state index in [0.717, 1.165) is 16.6 Å². The van der Waals surface area contributed by atoms with Crippen LogP contribution in [0.2, 0.25) is 5.02 Å². The zero-order chi connectivity index (χ0) is 12.7. The first-order valence-corrected chi connectivity index (χ1v) is 5.90. The predicted molar refractivity (Wildman–Crippen MR) is 70.3 cm³/mol. The fourth-order valence-corrected chi connectivity index (χ4v) is 2.08. The second-order valence-electron chi connectivity index (χ2n) is 4.21. The molecule has 2 heterocycles. The Morgan fingerprint density at radius 3 is 3.00 bits per heavy atom. The molecule has 0 fully saturated rings. The molecular weight excluding hydrogens is 250 g/mol. The minimum absolute atomic E-state index is 0.315. The van der Waals surface area contributed by atoms with Crippen LogP contribution in [0.25, 0.3) is 11.0 Å². The van der Waals surface area contributed by atoms with Crippen LogP contribution in [0.15, 0.2) is 30.6 Å². The molecule has 3 N–H and O–H groups in total. The van der Waals surface area contributed by atoms with E-state index in [9.17, 15) is 0 Å². The summed E-state index contributed by atoms with van der Waals surface area (Å²) in [5.41, 5.74) is 8.81. The lowest BCUT2D eigenvalue weighted by Gasteiger charge is -2.04. The fourth-order valence-electron chi connectivity index (χ4n) is 1.91. The number of halogens is 1. The van der Waals surface area contributed by atoms with Crippen LogP contribution in [0, 0.1) is 0 Å². The van der Waals surface area contributed by atoms with Gasteiger partial charge in [-0.3, -0.25) is 4.68 Å². The summed E-state index contributed by atoms with van der Waals surface area (Å²) in [6, 6.07) is 5.20. The Morgan fingerprint density at radius 2 is 2.28 bits per heavy atom. The number of imidazole rings is 1. The predicted octanol–water partition coefficient (Wildman–Crippen LogP) is 2.00. The maximum absolute atomic E-state index is 6.15. The third-order valence-corrected chi connectivity index (χ3v) is 3.08. The van der Waals surface area contributed by atoms with Crippen molar-refractivity contribution in [1.29, 1.82) is 0 Å². The SMILES string of the molecule is Cn1cc(C(N)c2nc3ccc(Cl)cc3[nH]2)cn1. The summed E-state index contributed by atoms with van der Waals surface area (Å²) in [7, 11) is 1.86. The lowest BCUT2D eigenvalue weighted by Crippen LogP contribution is -2.12. The first-order chi connectivity index (χ1) is 8.63. The van der Waals surface area contributed by atoms with Crippen LogP contribution in [0.5, 0.6) is 0 Å². The van der Waals surface area contributed by atoms with E-state index in [0.29, 0.717) is 10.8 Å². The number of rotatable bonds is 2. The number of benzene rings is 1. The van der Waals surface area contributed by atoms with Crippen LogP contribution in [0.4, 0.5) is 0 Å². The number of aromatic amines is 1. The van der Waals surface area contributed by atoms with Crippen molar-refractivity contribution in [2.24, 2.45) is 12.8 Å². The average Bonchev–Trinajstić information content (AvgIpc) is 2.93. The van der Waals surface area contributed by atoms with Crippen LogP contribution in [-0.2, 0) is 7.05 Å². The molecule has 1 atom stereocenters. The highest BCUT2D eigenvalue weighted by molar-refractivity contribution is 6.31. The van der Waals surface area contributed by atoms with Gasteiger partial charge >= 0.3 is 0 Å². The Hall–Kier alpha value is -1.85. The average molecular weight is 262 g/mol. The maximum atomic E-state index is 6.15. The van der Waals surface area contributed by atoms with Gasteiger partial charge in [-0.2, -0.15) is 5.10 Å². The largest absolute Gasteiger partial charge is 0.340 e. The molecule has 0 bridgehead atoms. The Morgan fingerprint density at radius 1 is 1.44 bits per heavy atom. The molecule has 3 rings (SSSR count). The van der Waals surface area contributed by atoms with Gasteiger partial charge in [-0.25, -0.2) is 4.98 Å². The first kappa shape index (κ1) is 11.3. The van der Waals surface area contributed by atoms with E-state index in [2.05, 4.69) is 15.1 Å². The highest BCUT2D eigenvalue weighted by Crippen LogP contribution is 2.22. The third kappa shape index (κ3) is 1.87. The number of aryl methyl sites for hydroxylation is 1. The van der Waals surface area contributed by atoms with Crippen LogP contribution in [-0.4, -0.2) is 19.7 Å². The number of H-pyrrole nitrogens is 1. The molecular formula is C12H12ClN5. The van der Waals surface area contributed by atoms with Crippen molar-refractivity contribution in [1.82, 2.24) is 19.7 Å². The van der Waals surface area contributed by atoms with E-state index in [1.54, 1.807) is 10.9 Å². The molecule has 0 spiro atoms. The summed E-state index contributed by atoms with van der Waals surface area (Å²) in [5, 5.41) is 4.78. The molecule has 92 valence electrons. The smallest absolute Gasteiger partial charge is 0.128 e. The molecule has 5 nitrogen and oxygen atoms in total. The highest BCUT2D eigenvalue weighted by atomic mass is 35.5. The number of aromatic nitrogens is 4. The van der Waals surface area contributed by atoms with Crippen LogP contribution in [0.1, 0.15) is 17.4 Å².